The third-order valence-electron chi connectivity index (χ3n) is 5.55. The van der Waals surface area contributed by atoms with Gasteiger partial charge in [0.25, 0.3) is 11.8 Å². The van der Waals surface area contributed by atoms with Crippen LogP contribution in [-0.4, -0.2) is 46.8 Å². The van der Waals surface area contributed by atoms with E-state index in [1.54, 1.807) is 24.5 Å². The van der Waals surface area contributed by atoms with Gasteiger partial charge in [0.15, 0.2) is 4.90 Å². The first-order chi connectivity index (χ1) is 17.3. The van der Waals surface area contributed by atoms with Crippen LogP contribution in [0.2, 0.25) is 5.02 Å². The average Bonchev–Trinajstić information content (AvgIpc) is 2.87. The molecular weight excluding hydrogens is 507 g/mol. The number of ether oxygens (including phenoxy) is 1. The van der Waals surface area contributed by atoms with Crippen LogP contribution in [0.15, 0.2) is 59.6 Å². The van der Waals surface area contributed by atoms with E-state index in [0.717, 1.165) is 38.1 Å². The molecule has 1 aliphatic rings. The normalized spacial score (nSPS) is 14.7. The Morgan fingerprint density at radius 3 is 2.53 bits per heavy atom. The summed E-state index contributed by atoms with van der Waals surface area (Å²) in [5.41, 5.74) is 0.216. The number of amides is 2. The number of anilines is 2. The monoisotopic (exact) mass is 530 g/mol. The molecule has 4 rings (SSSR count). The van der Waals surface area contributed by atoms with Crippen molar-refractivity contribution >= 4 is 46.1 Å². The van der Waals surface area contributed by atoms with E-state index in [9.17, 15) is 18.5 Å². The van der Waals surface area contributed by atoms with Gasteiger partial charge in [-0.15, -0.1) is 0 Å². The fourth-order valence-electron chi connectivity index (χ4n) is 3.70. The SMILES string of the molecule is C[S+]([O-])c1ccc(C(=O)Nc2ccc(F)cc2C(=O)Nc2ccc(Cl)cn2)c(OC2CCNCC2)c1. The van der Waals surface area contributed by atoms with Crippen LogP contribution in [0.25, 0.3) is 0 Å². The number of nitrogens with zero attached hydrogens (tertiary/aromatic N) is 1. The summed E-state index contributed by atoms with van der Waals surface area (Å²) in [5, 5.41) is 8.89. The van der Waals surface area contributed by atoms with Gasteiger partial charge in [-0.1, -0.05) is 11.6 Å². The molecule has 0 bridgehead atoms. The maximum atomic E-state index is 14.0. The number of carbonyl (C=O) groups is 2. The third kappa shape index (κ3) is 6.52. The average molecular weight is 531 g/mol. The van der Waals surface area contributed by atoms with Gasteiger partial charge in [0, 0.05) is 12.3 Å². The zero-order valence-corrected chi connectivity index (χ0v) is 20.9. The maximum Gasteiger partial charge on any atom is 0.259 e. The van der Waals surface area contributed by atoms with Gasteiger partial charge < -0.3 is 25.2 Å². The van der Waals surface area contributed by atoms with Crippen LogP contribution in [0.1, 0.15) is 33.6 Å². The lowest BCUT2D eigenvalue weighted by molar-refractivity contribution is 0.101. The van der Waals surface area contributed by atoms with E-state index in [1.165, 1.54) is 24.4 Å². The Morgan fingerprint density at radius 1 is 1.08 bits per heavy atom. The van der Waals surface area contributed by atoms with Crippen molar-refractivity contribution in [1.82, 2.24) is 10.3 Å². The molecule has 1 fully saturated rings. The summed E-state index contributed by atoms with van der Waals surface area (Å²) < 4.78 is 32.2. The maximum absolute atomic E-state index is 14.0. The molecule has 1 aromatic heterocycles. The second-order valence-corrected chi connectivity index (χ2v) is 9.96. The van der Waals surface area contributed by atoms with Gasteiger partial charge in [0.1, 0.15) is 29.7 Å². The van der Waals surface area contributed by atoms with Gasteiger partial charge in [-0.05, 0) is 79.6 Å². The second-order valence-electron chi connectivity index (χ2n) is 8.14. The Morgan fingerprint density at radius 2 is 1.83 bits per heavy atom. The number of aromatic nitrogens is 1. The van der Waals surface area contributed by atoms with Crippen LogP contribution in [-0.2, 0) is 11.2 Å². The number of benzene rings is 2. The van der Waals surface area contributed by atoms with Crippen LogP contribution in [0, 0.1) is 5.82 Å². The number of hydrogen-bond acceptors (Lipinski definition) is 6. The molecule has 11 heteroatoms. The molecule has 2 amide bonds. The van der Waals surface area contributed by atoms with Gasteiger partial charge in [0.05, 0.1) is 21.8 Å². The molecule has 3 N–H and O–H groups in total. The van der Waals surface area contributed by atoms with Crippen LogP contribution in [0.5, 0.6) is 5.75 Å². The Labute approximate surface area is 215 Å². The summed E-state index contributed by atoms with van der Waals surface area (Å²) in [6, 6.07) is 11.2. The first-order valence-corrected chi connectivity index (χ1v) is 13.1. The quantitative estimate of drug-likeness (QED) is 0.393. The lowest BCUT2D eigenvalue weighted by Crippen LogP contribution is -2.34. The minimum absolute atomic E-state index is 0.0906. The Hall–Kier alpha value is -3.18. The Balaban J connectivity index is 1.59. The fraction of sp³-hybridized carbons (Fsp3) is 0.240. The van der Waals surface area contributed by atoms with E-state index in [0.29, 0.717) is 15.7 Å². The molecule has 8 nitrogen and oxygen atoms in total. The van der Waals surface area contributed by atoms with Crippen molar-refractivity contribution in [3.05, 3.63) is 76.7 Å². The molecular formula is C25H24ClFN4O4S. The van der Waals surface area contributed by atoms with E-state index in [1.807, 2.05) is 0 Å². The Kier molecular flexibility index (Phi) is 8.42. The predicted octanol–water partition coefficient (Wildman–Crippen LogP) is 4.25. The largest absolute Gasteiger partial charge is 0.612 e. The lowest BCUT2D eigenvalue weighted by Gasteiger charge is -2.25. The number of halogens is 2. The van der Waals surface area contributed by atoms with Crippen molar-refractivity contribution in [2.45, 2.75) is 23.8 Å². The highest BCUT2D eigenvalue weighted by Gasteiger charge is 2.23. The standard InChI is InChI=1S/C25H24ClFN4O4S/c1-36(34)18-4-5-19(22(13-18)35-17-8-10-28-11-9-17)24(32)30-21-6-3-16(27)12-20(21)25(33)31-23-7-2-15(26)14-29-23/h2-7,12-14,17,28H,8-11H2,1H3,(H,30,32)(H,29,31,33). The fourth-order valence-corrected chi connectivity index (χ4v) is 4.34. The van der Waals surface area contributed by atoms with Crippen molar-refractivity contribution in [1.29, 1.82) is 0 Å². The van der Waals surface area contributed by atoms with Crippen molar-refractivity contribution in [3.63, 3.8) is 0 Å². The molecule has 0 spiro atoms. The van der Waals surface area contributed by atoms with Crippen molar-refractivity contribution in [2.24, 2.45) is 0 Å². The molecule has 2 heterocycles. The van der Waals surface area contributed by atoms with Crippen LogP contribution in [0.3, 0.4) is 0 Å². The molecule has 0 saturated carbocycles. The van der Waals surface area contributed by atoms with E-state index in [2.05, 4.69) is 20.9 Å². The number of hydrogen-bond donors (Lipinski definition) is 3. The predicted molar refractivity (Wildman–Crippen MR) is 137 cm³/mol. The van der Waals surface area contributed by atoms with Gasteiger partial charge in [0.2, 0.25) is 0 Å². The summed E-state index contributed by atoms with van der Waals surface area (Å²) in [6.07, 6.45) is 4.34. The van der Waals surface area contributed by atoms with Crippen molar-refractivity contribution in [2.75, 3.05) is 30.0 Å². The van der Waals surface area contributed by atoms with Gasteiger partial charge in [-0.2, -0.15) is 0 Å². The molecule has 1 unspecified atom stereocenters. The first-order valence-electron chi connectivity index (χ1n) is 11.2. The molecule has 2 aromatic carbocycles. The minimum Gasteiger partial charge on any atom is -0.612 e. The first kappa shape index (κ1) is 25.9. The van der Waals surface area contributed by atoms with Crippen LogP contribution in [0.4, 0.5) is 15.9 Å². The summed E-state index contributed by atoms with van der Waals surface area (Å²) in [5.74, 6) is -1.36. The molecule has 0 radical (unpaired) electrons. The molecule has 36 heavy (non-hydrogen) atoms. The highest BCUT2D eigenvalue weighted by atomic mass is 35.5. The van der Waals surface area contributed by atoms with E-state index in [-0.39, 0.29) is 28.7 Å². The molecule has 0 aliphatic carbocycles. The number of carbonyl (C=O) groups excluding carboxylic acids is 2. The highest BCUT2D eigenvalue weighted by Crippen LogP contribution is 2.28. The van der Waals surface area contributed by atoms with E-state index in [4.69, 9.17) is 16.3 Å². The summed E-state index contributed by atoms with van der Waals surface area (Å²) in [7, 11) is 0. The molecule has 1 aliphatic heterocycles. The van der Waals surface area contributed by atoms with Crippen LogP contribution < -0.4 is 20.7 Å². The molecule has 1 saturated heterocycles. The number of pyridine rings is 1. The van der Waals surface area contributed by atoms with Crippen LogP contribution >= 0.6 is 11.6 Å². The summed E-state index contributed by atoms with van der Waals surface area (Å²) in [6.45, 7) is 1.59. The Bertz CT molecular complexity index is 1250. The second kappa shape index (κ2) is 11.7. The number of nitrogens with one attached hydrogen (secondary N) is 3. The zero-order valence-electron chi connectivity index (χ0n) is 19.3. The highest BCUT2D eigenvalue weighted by molar-refractivity contribution is 7.90. The molecule has 188 valence electrons. The summed E-state index contributed by atoms with van der Waals surface area (Å²) >= 11 is 4.55. The number of piperidine rings is 1. The minimum atomic E-state index is -1.27. The van der Waals surface area contributed by atoms with Crippen molar-refractivity contribution in [3.8, 4) is 5.75 Å². The van der Waals surface area contributed by atoms with Gasteiger partial charge in [-0.3, -0.25) is 9.59 Å². The zero-order chi connectivity index (χ0) is 25.7. The third-order valence-corrected chi connectivity index (χ3v) is 6.69. The van der Waals surface area contributed by atoms with Gasteiger partial charge in [-0.25, -0.2) is 9.37 Å². The van der Waals surface area contributed by atoms with Crippen molar-refractivity contribution < 1.29 is 23.3 Å². The lowest BCUT2D eigenvalue weighted by atomic mass is 10.1. The molecule has 1 atom stereocenters. The molecule has 3 aromatic rings. The number of rotatable bonds is 7. The van der Waals surface area contributed by atoms with E-state index >= 15 is 0 Å². The smallest absolute Gasteiger partial charge is 0.259 e. The topological polar surface area (TPSA) is 115 Å². The van der Waals surface area contributed by atoms with Gasteiger partial charge >= 0.3 is 0 Å². The van der Waals surface area contributed by atoms with E-state index < -0.39 is 28.8 Å². The summed E-state index contributed by atoms with van der Waals surface area (Å²) in [4.78, 5) is 30.7.